The Morgan fingerprint density at radius 1 is 1.10 bits per heavy atom. The van der Waals surface area contributed by atoms with E-state index in [0.717, 1.165) is 34.8 Å². The Balaban J connectivity index is 2.22. The van der Waals surface area contributed by atoms with E-state index < -0.39 is 15.9 Å². The average Bonchev–Trinajstić information content (AvgIpc) is 2.76. The van der Waals surface area contributed by atoms with Gasteiger partial charge >= 0.3 is 0 Å². The maximum Gasteiger partial charge on any atom is 0.255 e. The number of unbranched alkanes of at least 4 members (excludes halogenated alkanes) is 1. The summed E-state index contributed by atoms with van der Waals surface area (Å²) in [5.41, 5.74) is 4.06. The molecular weight excluding hydrogens is 402 g/mol. The molecule has 0 radical (unpaired) electrons. The van der Waals surface area contributed by atoms with Gasteiger partial charge in [-0.25, -0.2) is 13.8 Å². The Kier molecular flexibility index (Phi) is 9.01. The number of hydrogen-bond acceptors (Lipinski definition) is 5. The normalized spacial score (nSPS) is 12.1. The Hall–Kier alpha value is -2.71. The van der Waals surface area contributed by atoms with Gasteiger partial charge in [0.15, 0.2) is 0 Å². The molecule has 0 fully saturated rings. The van der Waals surface area contributed by atoms with E-state index in [1.807, 2.05) is 37.3 Å². The summed E-state index contributed by atoms with van der Waals surface area (Å²) in [5, 5.41) is 4.08. The molecule has 30 heavy (non-hydrogen) atoms. The van der Waals surface area contributed by atoms with Crippen LogP contribution in [0.4, 0.5) is 0 Å². The first-order valence-electron chi connectivity index (χ1n) is 9.87. The smallest absolute Gasteiger partial charge is 0.255 e. The molecule has 0 unspecified atom stereocenters. The predicted octanol–water partition coefficient (Wildman–Crippen LogP) is 3.57. The number of nitrogens with one attached hydrogen (secondary N) is 1. The van der Waals surface area contributed by atoms with E-state index in [1.165, 1.54) is 19.2 Å². The molecule has 0 heterocycles. The minimum atomic E-state index is -3.90. The fraction of sp³-hybridized carbons (Fsp3) is 0.364. The Labute approximate surface area is 178 Å². The molecule has 0 saturated heterocycles. The number of ether oxygens (including phenoxy) is 1. The second kappa shape index (κ2) is 11.5. The maximum atomic E-state index is 13.2. The van der Waals surface area contributed by atoms with Gasteiger partial charge in [-0.05, 0) is 49.6 Å². The second-order valence-corrected chi connectivity index (χ2v) is 8.86. The van der Waals surface area contributed by atoms with Crippen molar-refractivity contribution in [3.8, 4) is 5.75 Å². The molecule has 8 heteroatoms. The van der Waals surface area contributed by atoms with Gasteiger partial charge in [-0.15, -0.1) is 0 Å². The number of hydrazone groups is 1. The first kappa shape index (κ1) is 23.6. The SMILES string of the molecule is CCCC/C(C)=N\NC(=O)CN(Cc1ccccc1)S(=O)(=O)c1ccc(OC)cc1. The molecule has 0 atom stereocenters. The highest BCUT2D eigenvalue weighted by atomic mass is 32.2. The summed E-state index contributed by atoms with van der Waals surface area (Å²) in [6.07, 6.45) is 2.80. The summed E-state index contributed by atoms with van der Waals surface area (Å²) < 4.78 is 32.7. The molecular formula is C22H29N3O4S. The summed E-state index contributed by atoms with van der Waals surface area (Å²) in [6, 6.07) is 15.2. The number of hydrogen-bond donors (Lipinski definition) is 1. The number of carbonyl (C=O) groups excluding carboxylic acids is 1. The number of methoxy groups -OCH3 is 1. The van der Waals surface area contributed by atoms with Gasteiger partial charge in [0.25, 0.3) is 5.91 Å². The van der Waals surface area contributed by atoms with Crippen LogP contribution in [0.25, 0.3) is 0 Å². The van der Waals surface area contributed by atoms with Crippen molar-refractivity contribution in [3.05, 3.63) is 60.2 Å². The largest absolute Gasteiger partial charge is 0.497 e. The molecule has 0 aliphatic carbocycles. The topological polar surface area (TPSA) is 88.1 Å². The summed E-state index contributed by atoms with van der Waals surface area (Å²) in [4.78, 5) is 12.5. The van der Waals surface area contributed by atoms with Crippen molar-refractivity contribution in [2.45, 2.75) is 44.6 Å². The Bertz CT molecular complexity index is 942. The van der Waals surface area contributed by atoms with Crippen LogP contribution in [0.2, 0.25) is 0 Å². The average molecular weight is 432 g/mol. The molecule has 2 aromatic rings. The first-order valence-corrected chi connectivity index (χ1v) is 11.3. The van der Waals surface area contributed by atoms with Crippen LogP contribution in [0.1, 0.15) is 38.7 Å². The third-order valence-corrected chi connectivity index (χ3v) is 6.29. The number of rotatable bonds is 11. The van der Waals surface area contributed by atoms with Crippen LogP contribution in [0.5, 0.6) is 5.75 Å². The third-order valence-electron chi connectivity index (χ3n) is 4.48. The van der Waals surface area contributed by atoms with E-state index in [2.05, 4.69) is 17.5 Å². The summed E-state index contributed by atoms with van der Waals surface area (Å²) in [6.45, 7) is 3.65. The summed E-state index contributed by atoms with van der Waals surface area (Å²) >= 11 is 0. The molecule has 1 N–H and O–H groups in total. The molecule has 1 amide bonds. The molecule has 0 aliphatic heterocycles. The van der Waals surface area contributed by atoms with Gasteiger partial charge in [0.1, 0.15) is 5.75 Å². The quantitative estimate of drug-likeness (QED) is 0.435. The highest BCUT2D eigenvalue weighted by Crippen LogP contribution is 2.21. The molecule has 0 saturated carbocycles. The molecule has 0 aliphatic rings. The van der Waals surface area contributed by atoms with Crippen LogP contribution in [0.3, 0.4) is 0 Å². The Morgan fingerprint density at radius 3 is 2.37 bits per heavy atom. The molecule has 0 aromatic heterocycles. The van der Waals surface area contributed by atoms with Crippen LogP contribution in [-0.4, -0.2) is 38.0 Å². The second-order valence-electron chi connectivity index (χ2n) is 6.92. The lowest BCUT2D eigenvalue weighted by Crippen LogP contribution is -2.39. The minimum absolute atomic E-state index is 0.0706. The molecule has 2 aromatic carbocycles. The van der Waals surface area contributed by atoms with Crippen molar-refractivity contribution in [2.24, 2.45) is 5.10 Å². The monoisotopic (exact) mass is 431 g/mol. The lowest BCUT2D eigenvalue weighted by molar-refractivity contribution is -0.121. The van der Waals surface area contributed by atoms with E-state index in [9.17, 15) is 13.2 Å². The van der Waals surface area contributed by atoms with Gasteiger partial charge in [0.2, 0.25) is 10.0 Å². The standard InChI is InChI=1S/C22H29N3O4S/c1-4-5-9-18(2)23-24-22(26)17-25(16-19-10-7-6-8-11-19)30(27,28)21-14-12-20(29-3)13-15-21/h6-8,10-15H,4-5,9,16-17H2,1-3H3,(H,24,26)/b23-18-. The van der Waals surface area contributed by atoms with Crippen molar-refractivity contribution in [1.82, 2.24) is 9.73 Å². The minimum Gasteiger partial charge on any atom is -0.497 e. The lowest BCUT2D eigenvalue weighted by Gasteiger charge is -2.21. The van der Waals surface area contributed by atoms with Gasteiger partial charge in [-0.3, -0.25) is 4.79 Å². The number of benzene rings is 2. The van der Waals surface area contributed by atoms with Crippen molar-refractivity contribution >= 4 is 21.6 Å². The molecule has 0 bridgehead atoms. The van der Waals surface area contributed by atoms with E-state index in [-0.39, 0.29) is 18.0 Å². The number of sulfonamides is 1. The van der Waals surface area contributed by atoms with Crippen LogP contribution in [-0.2, 0) is 21.4 Å². The molecule has 0 spiro atoms. The zero-order valence-electron chi connectivity index (χ0n) is 17.7. The molecule has 162 valence electrons. The van der Waals surface area contributed by atoms with Crippen molar-refractivity contribution in [2.75, 3.05) is 13.7 Å². The number of carbonyl (C=O) groups is 1. The first-order chi connectivity index (χ1) is 14.4. The van der Waals surface area contributed by atoms with E-state index in [0.29, 0.717) is 5.75 Å². The lowest BCUT2D eigenvalue weighted by atomic mass is 10.2. The number of nitrogens with zero attached hydrogens (tertiary/aromatic N) is 2. The zero-order chi connectivity index (χ0) is 22.0. The molecule has 7 nitrogen and oxygen atoms in total. The fourth-order valence-electron chi connectivity index (χ4n) is 2.75. The van der Waals surface area contributed by atoms with Gasteiger partial charge in [0, 0.05) is 12.3 Å². The van der Waals surface area contributed by atoms with E-state index in [4.69, 9.17) is 4.74 Å². The van der Waals surface area contributed by atoms with Crippen molar-refractivity contribution in [1.29, 1.82) is 0 Å². The van der Waals surface area contributed by atoms with Crippen LogP contribution >= 0.6 is 0 Å². The maximum absolute atomic E-state index is 13.2. The van der Waals surface area contributed by atoms with Gasteiger partial charge in [-0.2, -0.15) is 9.41 Å². The summed E-state index contributed by atoms with van der Waals surface area (Å²) in [7, 11) is -2.39. The number of amides is 1. The van der Waals surface area contributed by atoms with Gasteiger partial charge in [-0.1, -0.05) is 43.7 Å². The van der Waals surface area contributed by atoms with Crippen molar-refractivity contribution in [3.63, 3.8) is 0 Å². The predicted molar refractivity (Wildman–Crippen MR) is 118 cm³/mol. The highest BCUT2D eigenvalue weighted by molar-refractivity contribution is 7.89. The highest BCUT2D eigenvalue weighted by Gasteiger charge is 2.27. The third kappa shape index (κ3) is 6.96. The Morgan fingerprint density at radius 2 is 1.77 bits per heavy atom. The molecule has 2 rings (SSSR count). The zero-order valence-corrected chi connectivity index (χ0v) is 18.5. The van der Waals surface area contributed by atoms with Gasteiger partial charge in [0.05, 0.1) is 18.6 Å². The van der Waals surface area contributed by atoms with Crippen LogP contribution < -0.4 is 10.2 Å². The van der Waals surface area contributed by atoms with Crippen molar-refractivity contribution < 1.29 is 17.9 Å². The van der Waals surface area contributed by atoms with E-state index >= 15 is 0 Å². The van der Waals surface area contributed by atoms with Gasteiger partial charge < -0.3 is 4.74 Å². The van der Waals surface area contributed by atoms with Crippen LogP contribution in [0, 0.1) is 0 Å². The summed E-state index contributed by atoms with van der Waals surface area (Å²) in [5.74, 6) is 0.0667. The van der Waals surface area contributed by atoms with Crippen LogP contribution in [0.15, 0.2) is 64.6 Å². The van der Waals surface area contributed by atoms with E-state index in [1.54, 1.807) is 12.1 Å². The fourth-order valence-corrected chi connectivity index (χ4v) is 4.14.